The molecule has 2 aromatic carbocycles. The fourth-order valence-corrected chi connectivity index (χ4v) is 2.30. The molecule has 140 valence electrons. The highest BCUT2D eigenvalue weighted by Crippen LogP contribution is 2.30. The van der Waals surface area contributed by atoms with Crippen molar-refractivity contribution in [3.8, 4) is 0 Å². The number of ether oxygens (including phenoxy) is 1. The fraction of sp³-hybridized carbons (Fsp3) is 0.176. The molecule has 0 saturated carbocycles. The summed E-state index contributed by atoms with van der Waals surface area (Å²) in [7, 11) is 0. The van der Waals surface area contributed by atoms with Crippen LogP contribution in [0, 0.1) is 34.1 Å². The van der Waals surface area contributed by atoms with Gasteiger partial charge in [0.1, 0.15) is 11.3 Å². The molecule has 0 aliphatic rings. The van der Waals surface area contributed by atoms with E-state index >= 15 is 0 Å². The second kappa shape index (κ2) is 8.04. The van der Waals surface area contributed by atoms with Crippen molar-refractivity contribution in [2.75, 3.05) is 11.9 Å². The summed E-state index contributed by atoms with van der Waals surface area (Å²) in [5.74, 6) is -1.85. The Morgan fingerprint density at radius 2 is 1.63 bits per heavy atom. The third-order valence-corrected chi connectivity index (χ3v) is 3.83. The Hall–Kier alpha value is -3.82. The second-order valence-corrected chi connectivity index (χ2v) is 5.56. The van der Waals surface area contributed by atoms with Crippen molar-refractivity contribution in [2.24, 2.45) is 0 Å². The Labute approximate surface area is 153 Å². The van der Waals surface area contributed by atoms with E-state index in [1.54, 1.807) is 19.9 Å². The molecule has 0 saturated heterocycles. The highest BCUT2D eigenvalue weighted by molar-refractivity contribution is 5.98. The summed E-state index contributed by atoms with van der Waals surface area (Å²) in [6, 6.07) is 7.96. The van der Waals surface area contributed by atoms with Gasteiger partial charge < -0.3 is 10.1 Å². The number of nitro groups is 2. The molecule has 0 fully saturated rings. The van der Waals surface area contributed by atoms with E-state index in [0.29, 0.717) is 5.56 Å². The summed E-state index contributed by atoms with van der Waals surface area (Å²) in [6.45, 7) is 2.58. The second-order valence-electron chi connectivity index (χ2n) is 5.56. The van der Waals surface area contributed by atoms with Crippen LogP contribution < -0.4 is 5.32 Å². The van der Waals surface area contributed by atoms with E-state index in [2.05, 4.69) is 5.32 Å². The van der Waals surface area contributed by atoms with Crippen LogP contribution >= 0.6 is 0 Å². The van der Waals surface area contributed by atoms with Gasteiger partial charge in [-0.15, -0.1) is 0 Å². The van der Waals surface area contributed by atoms with Gasteiger partial charge in [-0.2, -0.15) is 0 Å². The van der Waals surface area contributed by atoms with Crippen LogP contribution in [0.4, 0.5) is 17.1 Å². The summed E-state index contributed by atoms with van der Waals surface area (Å²) in [6.07, 6.45) is 0. The van der Waals surface area contributed by atoms with Gasteiger partial charge in [0.15, 0.2) is 6.61 Å². The van der Waals surface area contributed by atoms with E-state index in [1.807, 2.05) is 0 Å². The van der Waals surface area contributed by atoms with Gasteiger partial charge in [0, 0.05) is 12.1 Å². The molecule has 0 radical (unpaired) electrons. The minimum Gasteiger partial charge on any atom is -0.452 e. The average Bonchev–Trinajstić information content (AvgIpc) is 2.63. The third-order valence-electron chi connectivity index (χ3n) is 3.83. The zero-order valence-corrected chi connectivity index (χ0v) is 14.4. The molecule has 10 heteroatoms. The molecule has 0 unspecified atom stereocenters. The molecule has 1 amide bonds. The normalized spacial score (nSPS) is 10.1. The molecular formula is C17H15N3O7. The SMILES string of the molecule is Cc1ccc([N+](=O)[O-])c(NC(=O)COC(=O)c2ccccc2[N+](=O)[O-])c1C. The van der Waals surface area contributed by atoms with Crippen molar-refractivity contribution in [3.05, 3.63) is 73.3 Å². The largest absolute Gasteiger partial charge is 0.452 e. The lowest BCUT2D eigenvalue weighted by Crippen LogP contribution is -2.22. The molecule has 2 rings (SSSR count). The number of rotatable bonds is 6. The number of carbonyl (C=O) groups is 2. The quantitative estimate of drug-likeness (QED) is 0.466. The first-order valence-corrected chi connectivity index (χ1v) is 7.67. The Balaban J connectivity index is 2.12. The first-order chi connectivity index (χ1) is 12.7. The van der Waals surface area contributed by atoms with Crippen LogP contribution in [0.5, 0.6) is 0 Å². The summed E-state index contributed by atoms with van der Waals surface area (Å²) < 4.78 is 4.80. The van der Waals surface area contributed by atoms with Crippen molar-refractivity contribution in [1.82, 2.24) is 0 Å². The molecule has 2 aromatic rings. The van der Waals surface area contributed by atoms with E-state index < -0.39 is 34.0 Å². The number of nitrogens with zero attached hydrogens (tertiary/aromatic N) is 2. The van der Waals surface area contributed by atoms with Gasteiger partial charge >= 0.3 is 5.97 Å². The Kier molecular flexibility index (Phi) is 5.81. The van der Waals surface area contributed by atoms with E-state index in [4.69, 9.17) is 4.74 Å². The summed E-state index contributed by atoms with van der Waals surface area (Å²) in [4.78, 5) is 44.7. The maximum absolute atomic E-state index is 12.1. The molecule has 1 N–H and O–H groups in total. The monoisotopic (exact) mass is 373 g/mol. The molecule has 0 aliphatic carbocycles. The maximum atomic E-state index is 12.1. The summed E-state index contributed by atoms with van der Waals surface area (Å²) >= 11 is 0. The van der Waals surface area contributed by atoms with Gasteiger partial charge in [0.2, 0.25) is 0 Å². The fourth-order valence-electron chi connectivity index (χ4n) is 2.30. The Morgan fingerprint density at radius 1 is 1.00 bits per heavy atom. The van der Waals surface area contributed by atoms with Crippen molar-refractivity contribution in [3.63, 3.8) is 0 Å². The smallest absolute Gasteiger partial charge is 0.345 e. The van der Waals surface area contributed by atoms with Crippen LogP contribution in [-0.2, 0) is 9.53 Å². The van der Waals surface area contributed by atoms with Crippen molar-refractivity contribution in [2.45, 2.75) is 13.8 Å². The van der Waals surface area contributed by atoms with E-state index in [1.165, 1.54) is 24.3 Å². The number of hydrogen-bond acceptors (Lipinski definition) is 7. The molecule has 10 nitrogen and oxygen atoms in total. The van der Waals surface area contributed by atoms with Gasteiger partial charge in [-0.3, -0.25) is 25.0 Å². The number of nitrogens with one attached hydrogen (secondary N) is 1. The van der Waals surface area contributed by atoms with Gasteiger partial charge in [-0.1, -0.05) is 18.2 Å². The molecular weight excluding hydrogens is 358 g/mol. The first-order valence-electron chi connectivity index (χ1n) is 7.67. The number of benzene rings is 2. The number of para-hydroxylation sites is 1. The van der Waals surface area contributed by atoms with Crippen LogP contribution in [0.1, 0.15) is 21.5 Å². The van der Waals surface area contributed by atoms with Crippen LogP contribution in [0.2, 0.25) is 0 Å². The predicted molar refractivity (Wildman–Crippen MR) is 94.6 cm³/mol. The lowest BCUT2D eigenvalue weighted by Gasteiger charge is -2.11. The molecule has 0 heterocycles. The lowest BCUT2D eigenvalue weighted by atomic mass is 10.1. The maximum Gasteiger partial charge on any atom is 0.345 e. The van der Waals surface area contributed by atoms with E-state index in [0.717, 1.165) is 11.6 Å². The molecule has 0 aromatic heterocycles. The molecule has 27 heavy (non-hydrogen) atoms. The molecule has 0 bridgehead atoms. The van der Waals surface area contributed by atoms with Gasteiger partial charge in [0.25, 0.3) is 17.3 Å². The minimum atomic E-state index is -1.05. The van der Waals surface area contributed by atoms with Crippen molar-refractivity contribution >= 4 is 28.9 Å². The zero-order chi connectivity index (χ0) is 20.1. The van der Waals surface area contributed by atoms with Crippen LogP contribution in [0.15, 0.2) is 36.4 Å². The Bertz CT molecular complexity index is 940. The van der Waals surface area contributed by atoms with Crippen LogP contribution in [-0.4, -0.2) is 28.3 Å². The Morgan fingerprint density at radius 3 is 2.26 bits per heavy atom. The highest BCUT2D eigenvalue weighted by atomic mass is 16.6. The predicted octanol–water partition coefficient (Wildman–Crippen LogP) is 2.92. The summed E-state index contributed by atoms with van der Waals surface area (Å²) in [5.41, 5.74) is 0.194. The molecule has 0 atom stereocenters. The zero-order valence-electron chi connectivity index (χ0n) is 14.4. The first kappa shape index (κ1) is 19.5. The number of anilines is 1. The number of amides is 1. The molecule has 0 spiro atoms. The van der Waals surface area contributed by atoms with E-state index in [9.17, 15) is 29.8 Å². The third kappa shape index (κ3) is 4.42. The topological polar surface area (TPSA) is 142 Å². The number of hydrogen-bond donors (Lipinski definition) is 1. The number of nitro benzene ring substituents is 2. The number of esters is 1. The van der Waals surface area contributed by atoms with Crippen LogP contribution in [0.25, 0.3) is 0 Å². The van der Waals surface area contributed by atoms with Gasteiger partial charge in [-0.05, 0) is 31.0 Å². The van der Waals surface area contributed by atoms with Gasteiger partial charge in [-0.25, -0.2) is 4.79 Å². The standard InChI is InChI=1S/C17H15N3O7/c1-10-7-8-14(20(25)26)16(11(10)2)18-15(21)9-27-17(22)12-5-3-4-6-13(12)19(23)24/h3-8H,9H2,1-2H3,(H,18,21). The van der Waals surface area contributed by atoms with E-state index in [-0.39, 0.29) is 16.9 Å². The van der Waals surface area contributed by atoms with Crippen LogP contribution in [0.3, 0.4) is 0 Å². The van der Waals surface area contributed by atoms with Gasteiger partial charge in [0.05, 0.1) is 9.85 Å². The minimum absolute atomic E-state index is 0.00624. The van der Waals surface area contributed by atoms with Crippen molar-refractivity contribution in [1.29, 1.82) is 0 Å². The number of aryl methyl sites for hydroxylation is 1. The van der Waals surface area contributed by atoms with Crippen molar-refractivity contribution < 1.29 is 24.2 Å². The lowest BCUT2D eigenvalue weighted by molar-refractivity contribution is -0.385. The highest BCUT2D eigenvalue weighted by Gasteiger charge is 2.23. The summed E-state index contributed by atoms with van der Waals surface area (Å²) in [5, 5.41) is 24.4. The molecule has 0 aliphatic heterocycles. The average molecular weight is 373 g/mol. The number of carbonyl (C=O) groups excluding carboxylic acids is 2.